The first-order valence-electron chi connectivity index (χ1n) is 5.30. The minimum atomic E-state index is -2.84. The van der Waals surface area contributed by atoms with Crippen LogP contribution < -0.4 is 0 Å². The van der Waals surface area contributed by atoms with Crippen LogP contribution in [0.5, 0.6) is 0 Å². The Morgan fingerprint density at radius 3 is 2.60 bits per heavy atom. The van der Waals surface area contributed by atoms with Crippen LogP contribution in [-0.4, -0.2) is 14.2 Å². The molecule has 82 valence electrons. The van der Waals surface area contributed by atoms with Crippen LogP contribution >= 0.6 is 0 Å². The molecule has 1 aromatic rings. The number of sulfone groups is 1. The maximum atomic E-state index is 11.5. The molecular weight excluding hydrogens is 208 g/mol. The molecule has 2 nitrogen and oxygen atoms in total. The second-order valence-electron chi connectivity index (χ2n) is 4.52. The number of rotatable bonds is 1. The van der Waals surface area contributed by atoms with E-state index in [1.54, 1.807) is 0 Å². The molecule has 1 aromatic carbocycles. The van der Waals surface area contributed by atoms with Crippen LogP contribution in [-0.2, 0) is 22.0 Å². The molecule has 0 spiro atoms. The molecule has 0 amide bonds. The molecule has 0 aromatic heterocycles. The van der Waals surface area contributed by atoms with E-state index in [0.29, 0.717) is 18.1 Å². The average molecular weight is 224 g/mol. The summed E-state index contributed by atoms with van der Waals surface area (Å²) in [5.74, 6) is 0.990. The van der Waals surface area contributed by atoms with Crippen LogP contribution in [0.4, 0.5) is 0 Å². The first-order chi connectivity index (χ1) is 6.98. The lowest BCUT2D eigenvalue weighted by atomic mass is 9.97. The number of fused-ring (bicyclic) bond motifs is 1. The van der Waals surface area contributed by atoms with Crippen molar-refractivity contribution in [2.24, 2.45) is 0 Å². The zero-order valence-electron chi connectivity index (χ0n) is 9.16. The lowest BCUT2D eigenvalue weighted by molar-refractivity contribution is 0.591. The molecule has 1 aliphatic heterocycles. The molecule has 0 N–H and O–H groups in total. The molecule has 0 unspecified atom stereocenters. The third-order valence-electron chi connectivity index (χ3n) is 2.95. The maximum absolute atomic E-state index is 11.5. The smallest absolute Gasteiger partial charge is 0.154 e. The predicted octanol–water partition coefficient (Wildman–Crippen LogP) is 2.28. The second kappa shape index (κ2) is 3.63. The number of benzene rings is 1. The van der Waals surface area contributed by atoms with Crippen molar-refractivity contribution in [2.45, 2.75) is 31.9 Å². The summed E-state index contributed by atoms with van der Waals surface area (Å²) >= 11 is 0. The summed E-state index contributed by atoms with van der Waals surface area (Å²) in [5.41, 5.74) is 3.44. The Morgan fingerprint density at radius 1 is 1.20 bits per heavy atom. The maximum Gasteiger partial charge on any atom is 0.154 e. The standard InChI is InChI=1S/C12H16O2S/c1-9(2)11-4-3-10-5-6-15(13,14)8-12(10)7-11/h3-4,7,9H,5-6,8H2,1-2H3. The Hall–Kier alpha value is -0.830. The number of hydrogen-bond acceptors (Lipinski definition) is 2. The summed E-state index contributed by atoms with van der Waals surface area (Å²) in [5, 5.41) is 0. The third-order valence-corrected chi connectivity index (χ3v) is 4.53. The van der Waals surface area contributed by atoms with E-state index in [-0.39, 0.29) is 5.75 Å². The van der Waals surface area contributed by atoms with E-state index in [4.69, 9.17) is 0 Å². The van der Waals surface area contributed by atoms with Gasteiger partial charge in [-0.25, -0.2) is 8.42 Å². The van der Waals surface area contributed by atoms with Crippen molar-refractivity contribution >= 4 is 9.84 Å². The first kappa shape index (κ1) is 10.7. The van der Waals surface area contributed by atoms with E-state index in [9.17, 15) is 8.42 Å². The van der Waals surface area contributed by atoms with Crippen LogP contribution in [0.15, 0.2) is 18.2 Å². The van der Waals surface area contributed by atoms with Gasteiger partial charge < -0.3 is 0 Å². The zero-order valence-corrected chi connectivity index (χ0v) is 9.97. The molecule has 0 aliphatic carbocycles. The molecule has 1 aliphatic rings. The van der Waals surface area contributed by atoms with Gasteiger partial charge in [-0.15, -0.1) is 0 Å². The quantitative estimate of drug-likeness (QED) is 0.733. The highest BCUT2D eigenvalue weighted by atomic mass is 32.2. The van der Waals surface area contributed by atoms with Gasteiger partial charge in [-0.1, -0.05) is 32.0 Å². The fourth-order valence-electron chi connectivity index (χ4n) is 1.96. The van der Waals surface area contributed by atoms with E-state index >= 15 is 0 Å². The summed E-state index contributed by atoms with van der Waals surface area (Å²) in [7, 11) is -2.84. The van der Waals surface area contributed by atoms with Gasteiger partial charge in [-0.2, -0.15) is 0 Å². The Morgan fingerprint density at radius 2 is 1.93 bits per heavy atom. The van der Waals surface area contributed by atoms with Crippen molar-refractivity contribution < 1.29 is 8.42 Å². The van der Waals surface area contributed by atoms with E-state index in [2.05, 4.69) is 32.0 Å². The van der Waals surface area contributed by atoms with Crippen LogP contribution in [0.1, 0.15) is 36.5 Å². The monoisotopic (exact) mass is 224 g/mol. The van der Waals surface area contributed by atoms with Crippen LogP contribution in [0, 0.1) is 0 Å². The fraction of sp³-hybridized carbons (Fsp3) is 0.500. The number of aryl methyl sites for hydroxylation is 1. The van der Waals surface area contributed by atoms with Gasteiger partial charge in [0.2, 0.25) is 0 Å². The lowest BCUT2D eigenvalue weighted by Gasteiger charge is -2.18. The third kappa shape index (κ3) is 2.23. The molecule has 0 saturated heterocycles. The molecule has 2 rings (SSSR count). The van der Waals surface area contributed by atoms with Crippen LogP contribution in [0.2, 0.25) is 0 Å². The molecule has 0 radical (unpaired) electrons. The Labute approximate surface area is 91.2 Å². The molecule has 15 heavy (non-hydrogen) atoms. The van der Waals surface area contributed by atoms with Gasteiger partial charge in [-0.3, -0.25) is 0 Å². The highest BCUT2D eigenvalue weighted by Gasteiger charge is 2.21. The van der Waals surface area contributed by atoms with E-state index in [0.717, 1.165) is 5.56 Å². The Kier molecular flexibility index (Phi) is 2.59. The Balaban J connectivity index is 2.44. The van der Waals surface area contributed by atoms with Crippen LogP contribution in [0.25, 0.3) is 0 Å². The van der Waals surface area contributed by atoms with E-state index in [1.165, 1.54) is 11.1 Å². The molecule has 0 fully saturated rings. The highest BCUT2D eigenvalue weighted by Crippen LogP contribution is 2.24. The largest absolute Gasteiger partial charge is 0.228 e. The van der Waals surface area contributed by atoms with Crippen molar-refractivity contribution in [3.05, 3.63) is 34.9 Å². The van der Waals surface area contributed by atoms with Gasteiger partial charge in [0, 0.05) is 0 Å². The van der Waals surface area contributed by atoms with E-state index < -0.39 is 9.84 Å². The van der Waals surface area contributed by atoms with Crippen LogP contribution in [0.3, 0.4) is 0 Å². The van der Waals surface area contributed by atoms with Gasteiger partial charge in [0.15, 0.2) is 9.84 Å². The number of hydrogen-bond donors (Lipinski definition) is 0. The molecule has 0 saturated carbocycles. The second-order valence-corrected chi connectivity index (χ2v) is 6.71. The van der Waals surface area contributed by atoms with Gasteiger partial charge in [-0.05, 0) is 29.0 Å². The van der Waals surface area contributed by atoms with Crippen molar-refractivity contribution in [1.82, 2.24) is 0 Å². The van der Waals surface area contributed by atoms with Gasteiger partial charge in [0.1, 0.15) is 0 Å². The summed E-state index contributed by atoms with van der Waals surface area (Å²) in [4.78, 5) is 0. The first-order valence-corrected chi connectivity index (χ1v) is 7.12. The highest BCUT2D eigenvalue weighted by molar-refractivity contribution is 7.90. The topological polar surface area (TPSA) is 34.1 Å². The Bertz CT molecular complexity index is 472. The predicted molar refractivity (Wildman–Crippen MR) is 61.7 cm³/mol. The lowest BCUT2D eigenvalue weighted by Crippen LogP contribution is -2.19. The van der Waals surface area contributed by atoms with Gasteiger partial charge in [0.25, 0.3) is 0 Å². The minimum absolute atomic E-state index is 0.225. The van der Waals surface area contributed by atoms with E-state index in [1.807, 2.05) is 0 Å². The summed E-state index contributed by atoms with van der Waals surface area (Å²) in [6.45, 7) is 4.25. The van der Waals surface area contributed by atoms with Gasteiger partial charge in [0.05, 0.1) is 11.5 Å². The summed E-state index contributed by atoms with van der Waals surface area (Å²) in [6.07, 6.45) is 0.677. The molecule has 0 bridgehead atoms. The van der Waals surface area contributed by atoms with Crippen molar-refractivity contribution in [3.8, 4) is 0 Å². The molecule has 3 heteroatoms. The normalized spacial score (nSPS) is 18.9. The van der Waals surface area contributed by atoms with Gasteiger partial charge >= 0.3 is 0 Å². The zero-order chi connectivity index (χ0) is 11.1. The van der Waals surface area contributed by atoms with Crippen molar-refractivity contribution in [3.63, 3.8) is 0 Å². The van der Waals surface area contributed by atoms with Crippen molar-refractivity contribution in [1.29, 1.82) is 0 Å². The molecule has 1 heterocycles. The summed E-state index contributed by atoms with van der Waals surface area (Å²) < 4.78 is 23.0. The van der Waals surface area contributed by atoms with Crippen molar-refractivity contribution in [2.75, 3.05) is 5.75 Å². The molecule has 0 atom stereocenters. The minimum Gasteiger partial charge on any atom is -0.228 e. The fourth-order valence-corrected chi connectivity index (χ4v) is 3.38. The summed E-state index contributed by atoms with van der Waals surface area (Å²) in [6, 6.07) is 6.25. The average Bonchev–Trinajstić information content (AvgIpc) is 2.15. The SMILES string of the molecule is CC(C)c1ccc2c(c1)CS(=O)(=O)CC2. The molecular formula is C12H16O2S.